The van der Waals surface area contributed by atoms with Crippen LogP contribution in [0.1, 0.15) is 26.2 Å². The van der Waals surface area contributed by atoms with Crippen molar-refractivity contribution in [2.45, 2.75) is 26.2 Å². The SMILES string of the molecule is CCCCC(=O)OCCO[N+](=O)[O-]. The predicted octanol–water partition coefficient (Wildman–Crippen LogP) is 0.928. The summed E-state index contributed by atoms with van der Waals surface area (Å²) in [6.45, 7) is 1.69. The number of carbonyl (C=O) groups is 1. The molecule has 0 radical (unpaired) electrons. The van der Waals surface area contributed by atoms with Gasteiger partial charge in [-0.3, -0.25) is 4.79 Å². The number of unbranched alkanes of at least 4 members (excludes halogenated alkanes) is 1. The Bertz CT molecular complexity index is 170. The average molecular weight is 191 g/mol. The minimum absolute atomic E-state index is 0.0659. The monoisotopic (exact) mass is 191 g/mol. The molecule has 0 unspecified atom stereocenters. The number of nitrogens with zero attached hydrogens (tertiary/aromatic N) is 1. The van der Waals surface area contributed by atoms with Crippen LogP contribution < -0.4 is 0 Å². The van der Waals surface area contributed by atoms with Crippen LogP contribution in [0.4, 0.5) is 0 Å². The fraction of sp³-hybridized carbons (Fsp3) is 0.857. The van der Waals surface area contributed by atoms with Gasteiger partial charge in [0.2, 0.25) is 0 Å². The van der Waals surface area contributed by atoms with E-state index in [2.05, 4.69) is 9.57 Å². The van der Waals surface area contributed by atoms with Crippen LogP contribution in [0.25, 0.3) is 0 Å². The second-order valence-corrected chi connectivity index (χ2v) is 2.38. The van der Waals surface area contributed by atoms with Gasteiger partial charge >= 0.3 is 5.97 Å². The number of rotatable bonds is 7. The van der Waals surface area contributed by atoms with Crippen LogP contribution in [-0.2, 0) is 14.4 Å². The van der Waals surface area contributed by atoms with Crippen molar-refractivity contribution < 1.29 is 19.5 Å². The second-order valence-electron chi connectivity index (χ2n) is 2.38. The Labute approximate surface area is 75.9 Å². The van der Waals surface area contributed by atoms with Crippen molar-refractivity contribution in [2.24, 2.45) is 0 Å². The molecule has 0 aliphatic heterocycles. The molecule has 0 N–H and O–H groups in total. The molecule has 0 aliphatic carbocycles. The van der Waals surface area contributed by atoms with Crippen molar-refractivity contribution in [3.05, 3.63) is 10.1 Å². The van der Waals surface area contributed by atoms with Gasteiger partial charge in [0, 0.05) is 6.42 Å². The van der Waals surface area contributed by atoms with E-state index in [1.807, 2.05) is 6.92 Å². The van der Waals surface area contributed by atoms with E-state index in [1.54, 1.807) is 0 Å². The van der Waals surface area contributed by atoms with Crippen molar-refractivity contribution in [3.8, 4) is 0 Å². The zero-order valence-corrected chi connectivity index (χ0v) is 7.52. The molecule has 6 heteroatoms. The Kier molecular flexibility index (Phi) is 6.58. The minimum Gasteiger partial charge on any atom is -0.464 e. The molecule has 0 fully saturated rings. The topological polar surface area (TPSA) is 78.7 Å². The molecule has 0 amide bonds. The smallest absolute Gasteiger partial charge is 0.305 e. The van der Waals surface area contributed by atoms with Gasteiger partial charge < -0.3 is 9.57 Å². The predicted molar refractivity (Wildman–Crippen MR) is 43.4 cm³/mol. The van der Waals surface area contributed by atoms with E-state index in [0.717, 1.165) is 12.8 Å². The summed E-state index contributed by atoms with van der Waals surface area (Å²) in [5.74, 6) is -0.339. The Morgan fingerprint density at radius 1 is 1.46 bits per heavy atom. The van der Waals surface area contributed by atoms with Gasteiger partial charge in [0.25, 0.3) is 5.09 Å². The van der Waals surface area contributed by atoms with Crippen molar-refractivity contribution in [1.29, 1.82) is 0 Å². The third-order valence-corrected chi connectivity index (χ3v) is 1.28. The highest BCUT2D eigenvalue weighted by molar-refractivity contribution is 5.69. The van der Waals surface area contributed by atoms with Crippen LogP contribution in [0.3, 0.4) is 0 Å². The summed E-state index contributed by atoms with van der Waals surface area (Å²) < 4.78 is 4.63. The standard InChI is InChI=1S/C7H13NO5/c1-2-3-4-7(9)12-5-6-13-8(10)11/h2-6H2,1H3. The summed E-state index contributed by atoms with van der Waals surface area (Å²) in [7, 11) is 0. The summed E-state index contributed by atoms with van der Waals surface area (Å²) >= 11 is 0. The summed E-state index contributed by atoms with van der Waals surface area (Å²) in [4.78, 5) is 24.4. The first-order valence-corrected chi connectivity index (χ1v) is 4.09. The highest BCUT2D eigenvalue weighted by atomic mass is 17.0. The molecule has 76 valence electrons. The van der Waals surface area contributed by atoms with Crippen LogP contribution in [0, 0.1) is 10.1 Å². The maximum absolute atomic E-state index is 10.8. The number of hydrogen-bond donors (Lipinski definition) is 0. The van der Waals surface area contributed by atoms with Gasteiger partial charge in [-0.15, -0.1) is 10.1 Å². The summed E-state index contributed by atoms with van der Waals surface area (Å²) in [5, 5.41) is 8.74. The molecule has 0 atom stereocenters. The molecule has 0 saturated heterocycles. The summed E-state index contributed by atoms with van der Waals surface area (Å²) in [6, 6.07) is 0. The van der Waals surface area contributed by atoms with E-state index in [4.69, 9.17) is 0 Å². The molecular weight excluding hydrogens is 178 g/mol. The lowest BCUT2D eigenvalue weighted by molar-refractivity contribution is -0.757. The number of hydrogen-bond acceptors (Lipinski definition) is 5. The molecular formula is C7H13NO5. The lowest BCUT2D eigenvalue weighted by Gasteiger charge is -2.02. The largest absolute Gasteiger partial charge is 0.464 e. The minimum atomic E-state index is -0.917. The molecule has 0 heterocycles. The molecule has 0 saturated carbocycles. The Balaban J connectivity index is 3.22. The Morgan fingerprint density at radius 3 is 2.69 bits per heavy atom. The van der Waals surface area contributed by atoms with E-state index in [9.17, 15) is 14.9 Å². The van der Waals surface area contributed by atoms with Gasteiger partial charge in [0.15, 0.2) is 0 Å². The summed E-state index contributed by atoms with van der Waals surface area (Å²) in [6.07, 6.45) is 2.05. The van der Waals surface area contributed by atoms with Gasteiger partial charge in [-0.1, -0.05) is 13.3 Å². The van der Waals surface area contributed by atoms with E-state index < -0.39 is 5.09 Å². The number of carbonyl (C=O) groups excluding carboxylic acids is 1. The van der Waals surface area contributed by atoms with Crippen LogP contribution in [0.15, 0.2) is 0 Å². The molecule has 0 aromatic carbocycles. The quantitative estimate of drug-likeness (QED) is 0.259. The van der Waals surface area contributed by atoms with Crippen molar-refractivity contribution in [2.75, 3.05) is 13.2 Å². The second kappa shape index (κ2) is 7.33. The first-order chi connectivity index (χ1) is 6.16. The molecule has 0 spiro atoms. The van der Waals surface area contributed by atoms with E-state index in [-0.39, 0.29) is 19.2 Å². The number of ether oxygens (including phenoxy) is 1. The first-order valence-electron chi connectivity index (χ1n) is 4.09. The van der Waals surface area contributed by atoms with E-state index in [1.165, 1.54) is 0 Å². The van der Waals surface area contributed by atoms with Crippen LogP contribution in [0.5, 0.6) is 0 Å². The first kappa shape index (κ1) is 11.7. The molecule has 0 aromatic heterocycles. The highest BCUT2D eigenvalue weighted by Crippen LogP contribution is 1.95. The molecule has 6 nitrogen and oxygen atoms in total. The maximum Gasteiger partial charge on any atom is 0.305 e. The Hall–Kier alpha value is -1.33. The van der Waals surface area contributed by atoms with E-state index >= 15 is 0 Å². The molecule has 13 heavy (non-hydrogen) atoms. The normalized spacial score (nSPS) is 9.31. The molecule has 0 aromatic rings. The maximum atomic E-state index is 10.8. The van der Waals surface area contributed by atoms with Crippen molar-refractivity contribution in [1.82, 2.24) is 0 Å². The summed E-state index contributed by atoms with van der Waals surface area (Å²) in [5.41, 5.74) is 0. The lowest BCUT2D eigenvalue weighted by atomic mass is 10.2. The molecule has 0 aliphatic rings. The van der Waals surface area contributed by atoms with Crippen molar-refractivity contribution >= 4 is 5.97 Å². The highest BCUT2D eigenvalue weighted by Gasteiger charge is 2.01. The lowest BCUT2D eigenvalue weighted by Crippen LogP contribution is -2.12. The van der Waals surface area contributed by atoms with Crippen LogP contribution >= 0.6 is 0 Å². The average Bonchev–Trinajstić information content (AvgIpc) is 2.08. The third kappa shape index (κ3) is 8.58. The fourth-order valence-corrected chi connectivity index (χ4v) is 0.661. The number of esters is 1. The van der Waals surface area contributed by atoms with E-state index in [0.29, 0.717) is 6.42 Å². The van der Waals surface area contributed by atoms with Gasteiger partial charge in [-0.25, -0.2) is 0 Å². The zero-order chi connectivity index (χ0) is 10.1. The molecule has 0 rings (SSSR count). The van der Waals surface area contributed by atoms with Crippen LogP contribution in [0.2, 0.25) is 0 Å². The fourth-order valence-electron chi connectivity index (χ4n) is 0.661. The zero-order valence-electron chi connectivity index (χ0n) is 7.52. The van der Waals surface area contributed by atoms with Crippen molar-refractivity contribution in [3.63, 3.8) is 0 Å². The third-order valence-electron chi connectivity index (χ3n) is 1.28. The van der Waals surface area contributed by atoms with Gasteiger partial charge in [0.05, 0.1) is 0 Å². The van der Waals surface area contributed by atoms with Gasteiger partial charge in [0.1, 0.15) is 13.2 Å². The molecule has 0 bridgehead atoms. The van der Waals surface area contributed by atoms with Gasteiger partial charge in [-0.05, 0) is 6.42 Å². The Morgan fingerprint density at radius 2 is 2.15 bits per heavy atom. The van der Waals surface area contributed by atoms with Crippen LogP contribution in [-0.4, -0.2) is 24.3 Å². The van der Waals surface area contributed by atoms with Gasteiger partial charge in [-0.2, -0.15) is 0 Å².